The van der Waals surface area contributed by atoms with Gasteiger partial charge >= 0.3 is 12.2 Å². The molecule has 0 unspecified atom stereocenters. The molecule has 2 rings (SSSR count). The van der Waals surface area contributed by atoms with Crippen molar-refractivity contribution in [2.45, 2.75) is 6.18 Å². The van der Waals surface area contributed by atoms with Crippen LogP contribution in [0.15, 0.2) is 36.4 Å². The van der Waals surface area contributed by atoms with Crippen LogP contribution in [0.4, 0.5) is 29.3 Å². The summed E-state index contributed by atoms with van der Waals surface area (Å²) in [6.45, 7) is 0. The number of carbonyl (C=O) groups is 1. The highest BCUT2D eigenvalue weighted by molar-refractivity contribution is 6.33. The predicted molar refractivity (Wildman–Crippen MR) is 81.4 cm³/mol. The monoisotopic (exact) mass is 364 g/mol. The topological polar surface area (TPSA) is 71.2 Å². The van der Waals surface area contributed by atoms with Crippen molar-refractivity contribution in [2.24, 2.45) is 5.73 Å². The lowest BCUT2D eigenvalue weighted by Crippen LogP contribution is -2.41. The smallest absolute Gasteiger partial charge is 0.350 e. The van der Waals surface area contributed by atoms with Gasteiger partial charge in [-0.3, -0.25) is 5.43 Å². The Labute approximate surface area is 138 Å². The Bertz CT molecular complexity index is 719. The lowest BCUT2D eigenvalue weighted by Gasteiger charge is -2.24. The van der Waals surface area contributed by atoms with Gasteiger partial charge in [-0.25, -0.2) is 14.8 Å². The minimum absolute atomic E-state index is 0.0412. The van der Waals surface area contributed by atoms with Crippen molar-refractivity contribution in [3.05, 3.63) is 52.3 Å². The van der Waals surface area contributed by atoms with Crippen LogP contribution >= 0.6 is 23.2 Å². The number of hydrogen-bond acceptors (Lipinski definition) is 3. The van der Waals surface area contributed by atoms with Crippen molar-refractivity contribution in [2.75, 3.05) is 10.4 Å². The number of hydrazine groups is 1. The molecule has 0 aliphatic rings. The van der Waals surface area contributed by atoms with Gasteiger partial charge in [-0.05, 0) is 12.1 Å². The third-order valence-electron chi connectivity index (χ3n) is 2.69. The molecular weight excluding hydrogens is 356 g/mol. The van der Waals surface area contributed by atoms with Crippen LogP contribution in [0.2, 0.25) is 10.3 Å². The van der Waals surface area contributed by atoms with Crippen LogP contribution in [0.5, 0.6) is 0 Å². The molecule has 0 bridgehead atoms. The number of para-hydroxylation sites is 1. The van der Waals surface area contributed by atoms with Crippen LogP contribution in [0.1, 0.15) is 5.56 Å². The Kier molecular flexibility index (Phi) is 4.86. The van der Waals surface area contributed by atoms with Gasteiger partial charge in [0.2, 0.25) is 0 Å². The number of urea groups is 1. The fourth-order valence-corrected chi connectivity index (χ4v) is 2.23. The molecule has 0 fully saturated rings. The van der Waals surface area contributed by atoms with Gasteiger partial charge in [0.05, 0.1) is 16.9 Å². The van der Waals surface area contributed by atoms with Crippen LogP contribution < -0.4 is 16.2 Å². The van der Waals surface area contributed by atoms with Crippen LogP contribution in [0.25, 0.3) is 0 Å². The standard InChI is InChI=1S/C13H9Cl2F3N4O/c14-10-5-7(6-11(15)20-10)22(12(19)23)21-9-4-2-1-3-8(9)13(16,17)18/h1-6,21H,(H2,19,23). The number of aromatic nitrogens is 1. The third-order valence-corrected chi connectivity index (χ3v) is 3.08. The number of amides is 2. The lowest BCUT2D eigenvalue weighted by atomic mass is 10.2. The van der Waals surface area contributed by atoms with Crippen LogP contribution in [0, 0.1) is 0 Å². The average Bonchev–Trinajstić information content (AvgIpc) is 2.42. The van der Waals surface area contributed by atoms with E-state index in [-0.39, 0.29) is 21.7 Å². The summed E-state index contributed by atoms with van der Waals surface area (Å²) in [4.78, 5) is 15.3. The first-order chi connectivity index (χ1) is 10.7. The van der Waals surface area contributed by atoms with Gasteiger partial charge in [-0.1, -0.05) is 35.3 Å². The fourth-order valence-electron chi connectivity index (χ4n) is 1.78. The Morgan fingerprint density at radius 2 is 1.74 bits per heavy atom. The Hall–Kier alpha value is -2.19. The maximum atomic E-state index is 13.0. The molecule has 23 heavy (non-hydrogen) atoms. The van der Waals surface area contributed by atoms with Gasteiger partial charge in [0.1, 0.15) is 10.3 Å². The normalized spacial score (nSPS) is 11.2. The Balaban J connectivity index is 2.44. The summed E-state index contributed by atoms with van der Waals surface area (Å²) in [7, 11) is 0. The minimum atomic E-state index is -4.61. The maximum Gasteiger partial charge on any atom is 0.418 e. The highest BCUT2D eigenvalue weighted by Gasteiger charge is 2.34. The van der Waals surface area contributed by atoms with Crippen molar-refractivity contribution in [1.29, 1.82) is 0 Å². The number of halogens is 5. The van der Waals surface area contributed by atoms with Crippen molar-refractivity contribution in [1.82, 2.24) is 4.98 Å². The van der Waals surface area contributed by atoms with E-state index < -0.39 is 17.8 Å². The molecule has 1 heterocycles. The molecule has 0 saturated heterocycles. The predicted octanol–water partition coefficient (Wildman–Crippen LogP) is 4.32. The zero-order valence-electron chi connectivity index (χ0n) is 11.2. The molecule has 0 saturated carbocycles. The fraction of sp³-hybridized carbons (Fsp3) is 0.0769. The molecule has 2 aromatic rings. The molecule has 5 nitrogen and oxygen atoms in total. The second kappa shape index (κ2) is 6.51. The molecular formula is C13H9Cl2F3N4O. The summed E-state index contributed by atoms with van der Waals surface area (Å²) >= 11 is 11.4. The van der Waals surface area contributed by atoms with Gasteiger partial charge in [-0.2, -0.15) is 13.2 Å². The maximum absolute atomic E-state index is 13.0. The number of alkyl halides is 3. The molecule has 0 aliphatic carbocycles. The van der Waals surface area contributed by atoms with Crippen molar-refractivity contribution < 1.29 is 18.0 Å². The third kappa shape index (κ3) is 4.17. The number of rotatable bonds is 3. The van der Waals surface area contributed by atoms with E-state index in [0.717, 1.165) is 12.1 Å². The van der Waals surface area contributed by atoms with Crippen LogP contribution in [-0.2, 0) is 6.18 Å². The van der Waals surface area contributed by atoms with Crippen molar-refractivity contribution in [3.8, 4) is 0 Å². The van der Waals surface area contributed by atoms with Crippen molar-refractivity contribution >= 4 is 40.6 Å². The first-order valence-corrected chi connectivity index (χ1v) is 6.79. The summed E-state index contributed by atoms with van der Waals surface area (Å²) in [5, 5.41) is 0.582. The number of hydrogen-bond donors (Lipinski definition) is 2. The Morgan fingerprint density at radius 3 is 2.26 bits per heavy atom. The zero-order valence-corrected chi connectivity index (χ0v) is 12.7. The SMILES string of the molecule is NC(=O)N(Nc1ccccc1C(F)(F)F)c1cc(Cl)nc(Cl)c1. The van der Waals surface area contributed by atoms with E-state index in [2.05, 4.69) is 10.4 Å². The first-order valence-electron chi connectivity index (χ1n) is 6.04. The number of anilines is 2. The van der Waals surface area contributed by atoms with Crippen LogP contribution in [0.3, 0.4) is 0 Å². The number of primary amides is 1. The van der Waals surface area contributed by atoms with E-state index in [1.807, 2.05) is 0 Å². The quantitative estimate of drug-likeness (QED) is 0.629. The zero-order chi connectivity index (χ0) is 17.2. The first kappa shape index (κ1) is 17.2. The highest BCUT2D eigenvalue weighted by Crippen LogP contribution is 2.35. The summed E-state index contributed by atoms with van der Waals surface area (Å²) in [6.07, 6.45) is -4.61. The molecule has 0 spiro atoms. The van der Waals surface area contributed by atoms with E-state index in [1.165, 1.54) is 24.3 Å². The van der Waals surface area contributed by atoms with E-state index in [9.17, 15) is 18.0 Å². The van der Waals surface area contributed by atoms with E-state index in [0.29, 0.717) is 5.01 Å². The van der Waals surface area contributed by atoms with Gasteiger partial charge in [0, 0.05) is 12.1 Å². The molecule has 0 atom stereocenters. The average molecular weight is 365 g/mol. The molecule has 10 heteroatoms. The number of nitrogens with one attached hydrogen (secondary N) is 1. The van der Waals surface area contributed by atoms with Gasteiger partial charge in [0.15, 0.2) is 0 Å². The molecule has 1 aromatic heterocycles. The number of nitrogens with zero attached hydrogens (tertiary/aromatic N) is 2. The van der Waals surface area contributed by atoms with Gasteiger partial charge in [-0.15, -0.1) is 0 Å². The summed E-state index contributed by atoms with van der Waals surface area (Å²) in [5.74, 6) is 0. The molecule has 0 aliphatic heterocycles. The number of carbonyl (C=O) groups excluding carboxylic acids is 1. The molecule has 3 N–H and O–H groups in total. The van der Waals surface area contributed by atoms with E-state index in [4.69, 9.17) is 28.9 Å². The Morgan fingerprint density at radius 1 is 1.17 bits per heavy atom. The van der Waals surface area contributed by atoms with Gasteiger partial charge in [0.25, 0.3) is 0 Å². The number of nitrogens with two attached hydrogens (primary N) is 1. The lowest BCUT2D eigenvalue weighted by molar-refractivity contribution is -0.136. The second-order valence-corrected chi connectivity index (χ2v) is 5.07. The molecule has 0 radical (unpaired) electrons. The highest BCUT2D eigenvalue weighted by atomic mass is 35.5. The molecule has 1 aromatic carbocycles. The van der Waals surface area contributed by atoms with E-state index in [1.54, 1.807) is 0 Å². The number of pyridine rings is 1. The summed E-state index contributed by atoms with van der Waals surface area (Å²) < 4.78 is 39.0. The summed E-state index contributed by atoms with van der Waals surface area (Å²) in [6, 6.07) is 6.02. The largest absolute Gasteiger partial charge is 0.418 e. The van der Waals surface area contributed by atoms with Crippen molar-refractivity contribution in [3.63, 3.8) is 0 Å². The van der Waals surface area contributed by atoms with Gasteiger partial charge < -0.3 is 5.73 Å². The second-order valence-electron chi connectivity index (χ2n) is 4.30. The molecule has 2 amide bonds. The minimum Gasteiger partial charge on any atom is -0.350 e. The number of benzene rings is 1. The van der Waals surface area contributed by atoms with Crippen LogP contribution in [-0.4, -0.2) is 11.0 Å². The van der Waals surface area contributed by atoms with E-state index >= 15 is 0 Å². The summed E-state index contributed by atoms with van der Waals surface area (Å²) in [5.41, 5.74) is 6.25. The molecule has 122 valence electrons.